The molecule has 1 N–H and O–H groups in total. The zero-order chi connectivity index (χ0) is 12.7. The number of hydrogen-bond donors (Lipinski definition) is 1. The van der Waals surface area contributed by atoms with Gasteiger partial charge in [0.2, 0.25) is 0 Å². The van der Waals surface area contributed by atoms with E-state index >= 15 is 0 Å². The van der Waals surface area contributed by atoms with Gasteiger partial charge in [0.1, 0.15) is 0 Å². The molecule has 1 unspecified atom stereocenters. The largest absolute Gasteiger partial charge is 0.364 e. The molecule has 1 saturated heterocycles. The van der Waals surface area contributed by atoms with Crippen LogP contribution in [0.2, 0.25) is 5.02 Å². The molecule has 4 heteroatoms. The molecular weight excluding hydrogens is 246 g/mol. The smallest absolute Gasteiger partial charge is 0.0796 e. The third-order valence-corrected chi connectivity index (χ3v) is 4.25. The second kappa shape index (κ2) is 4.63. The number of anilines is 2. The lowest BCUT2D eigenvalue weighted by molar-refractivity contribution is 0.448. The van der Waals surface area contributed by atoms with Crippen LogP contribution < -0.4 is 15.1 Å². The quantitative estimate of drug-likeness (QED) is 0.841. The Morgan fingerprint density at radius 2 is 2.22 bits per heavy atom. The predicted molar refractivity (Wildman–Crippen MR) is 77.9 cm³/mol. The van der Waals surface area contributed by atoms with E-state index in [1.807, 2.05) is 6.07 Å². The van der Waals surface area contributed by atoms with Gasteiger partial charge in [-0.15, -0.1) is 0 Å². The van der Waals surface area contributed by atoms with Gasteiger partial charge in [0.05, 0.1) is 22.4 Å². The van der Waals surface area contributed by atoms with E-state index in [0.717, 1.165) is 31.2 Å². The lowest BCUT2D eigenvalue weighted by atomic mass is 10.0. The summed E-state index contributed by atoms with van der Waals surface area (Å²) in [4.78, 5) is 4.95. The van der Waals surface area contributed by atoms with Crippen LogP contribution in [0.1, 0.15) is 13.8 Å². The van der Waals surface area contributed by atoms with Crippen LogP contribution in [-0.4, -0.2) is 38.3 Å². The summed E-state index contributed by atoms with van der Waals surface area (Å²) in [6.45, 7) is 8.72. The SMILES string of the molecule is CC(C)N1CC2CNCCN2c2cccc(Cl)c21. The molecule has 0 saturated carbocycles. The minimum atomic E-state index is 0.479. The second-order valence-corrected chi connectivity index (χ2v) is 5.81. The fourth-order valence-electron chi connectivity index (χ4n) is 3.05. The third-order valence-electron chi connectivity index (χ3n) is 3.94. The zero-order valence-electron chi connectivity index (χ0n) is 11.0. The average Bonchev–Trinajstić information content (AvgIpc) is 2.38. The van der Waals surface area contributed by atoms with Gasteiger partial charge in [-0.05, 0) is 26.0 Å². The molecule has 1 aromatic rings. The highest BCUT2D eigenvalue weighted by Crippen LogP contribution is 2.41. The standard InChI is InChI=1S/C14H20ClN3/c1-10(2)18-9-11-8-16-6-7-17(11)13-5-3-4-12(15)14(13)18/h3-5,10-11,16H,6-9H2,1-2H3. The number of benzene rings is 1. The van der Waals surface area contributed by atoms with E-state index in [1.165, 1.54) is 11.4 Å². The number of piperazine rings is 1. The van der Waals surface area contributed by atoms with Gasteiger partial charge in [-0.2, -0.15) is 0 Å². The first-order valence-electron chi connectivity index (χ1n) is 6.71. The minimum absolute atomic E-state index is 0.479. The van der Waals surface area contributed by atoms with Gasteiger partial charge in [-0.25, -0.2) is 0 Å². The normalized spacial score (nSPS) is 23.0. The molecule has 1 aromatic carbocycles. The van der Waals surface area contributed by atoms with Crippen LogP contribution in [0.15, 0.2) is 18.2 Å². The molecule has 2 heterocycles. The van der Waals surface area contributed by atoms with E-state index in [0.29, 0.717) is 12.1 Å². The summed E-state index contributed by atoms with van der Waals surface area (Å²) >= 11 is 6.43. The number of rotatable bonds is 1. The molecule has 2 aliphatic rings. The summed E-state index contributed by atoms with van der Waals surface area (Å²) < 4.78 is 0. The summed E-state index contributed by atoms with van der Waals surface area (Å²) in [5, 5.41) is 4.36. The van der Waals surface area contributed by atoms with Gasteiger partial charge in [0.25, 0.3) is 0 Å². The number of nitrogens with one attached hydrogen (secondary N) is 1. The summed E-state index contributed by atoms with van der Waals surface area (Å²) in [5.74, 6) is 0. The summed E-state index contributed by atoms with van der Waals surface area (Å²) in [6, 6.07) is 7.30. The van der Waals surface area contributed by atoms with E-state index in [2.05, 4.69) is 41.1 Å². The molecule has 0 aromatic heterocycles. The molecule has 0 aliphatic carbocycles. The fourth-order valence-corrected chi connectivity index (χ4v) is 3.33. The van der Waals surface area contributed by atoms with Crippen molar-refractivity contribution in [3.63, 3.8) is 0 Å². The topological polar surface area (TPSA) is 18.5 Å². The van der Waals surface area contributed by atoms with Gasteiger partial charge in [-0.3, -0.25) is 0 Å². The molecule has 3 nitrogen and oxygen atoms in total. The molecule has 2 aliphatic heterocycles. The van der Waals surface area contributed by atoms with Crippen LogP contribution in [0.25, 0.3) is 0 Å². The van der Waals surface area contributed by atoms with Crippen molar-refractivity contribution in [2.45, 2.75) is 25.9 Å². The molecule has 0 bridgehead atoms. The van der Waals surface area contributed by atoms with E-state index in [9.17, 15) is 0 Å². The Morgan fingerprint density at radius 3 is 3.00 bits per heavy atom. The second-order valence-electron chi connectivity index (χ2n) is 5.41. The third kappa shape index (κ3) is 1.86. The van der Waals surface area contributed by atoms with Crippen molar-refractivity contribution in [1.29, 1.82) is 0 Å². The van der Waals surface area contributed by atoms with Crippen molar-refractivity contribution >= 4 is 23.0 Å². The Balaban J connectivity index is 2.08. The predicted octanol–water partition coefficient (Wildman–Crippen LogP) is 2.35. The Morgan fingerprint density at radius 1 is 1.39 bits per heavy atom. The van der Waals surface area contributed by atoms with Gasteiger partial charge >= 0.3 is 0 Å². The van der Waals surface area contributed by atoms with Crippen molar-refractivity contribution in [2.24, 2.45) is 0 Å². The maximum absolute atomic E-state index is 6.43. The lowest BCUT2D eigenvalue weighted by Crippen LogP contribution is -2.59. The highest BCUT2D eigenvalue weighted by atomic mass is 35.5. The zero-order valence-corrected chi connectivity index (χ0v) is 11.7. The van der Waals surface area contributed by atoms with Crippen LogP contribution in [0.4, 0.5) is 11.4 Å². The lowest BCUT2D eigenvalue weighted by Gasteiger charge is -2.48. The molecule has 0 spiro atoms. The molecule has 98 valence electrons. The first-order valence-corrected chi connectivity index (χ1v) is 7.09. The van der Waals surface area contributed by atoms with Crippen LogP contribution in [-0.2, 0) is 0 Å². The molecule has 18 heavy (non-hydrogen) atoms. The Hall–Kier alpha value is -0.930. The summed E-state index contributed by atoms with van der Waals surface area (Å²) in [6.07, 6.45) is 0. The van der Waals surface area contributed by atoms with E-state index in [-0.39, 0.29) is 0 Å². The van der Waals surface area contributed by atoms with Crippen molar-refractivity contribution in [3.05, 3.63) is 23.2 Å². The van der Waals surface area contributed by atoms with Crippen molar-refractivity contribution in [3.8, 4) is 0 Å². The van der Waals surface area contributed by atoms with Crippen molar-refractivity contribution < 1.29 is 0 Å². The number of fused-ring (bicyclic) bond motifs is 3. The number of hydrogen-bond acceptors (Lipinski definition) is 3. The highest BCUT2D eigenvalue weighted by molar-refractivity contribution is 6.34. The maximum atomic E-state index is 6.43. The minimum Gasteiger partial charge on any atom is -0.364 e. The molecule has 0 amide bonds. The maximum Gasteiger partial charge on any atom is 0.0796 e. The fraction of sp³-hybridized carbons (Fsp3) is 0.571. The first kappa shape index (κ1) is 12.1. The molecule has 1 fully saturated rings. The average molecular weight is 266 g/mol. The van der Waals surface area contributed by atoms with Gasteiger partial charge in [-0.1, -0.05) is 17.7 Å². The Kier molecular flexibility index (Phi) is 3.12. The Labute approximate surface area is 114 Å². The molecule has 1 atom stereocenters. The summed E-state index contributed by atoms with van der Waals surface area (Å²) in [5.41, 5.74) is 2.52. The van der Waals surface area contributed by atoms with E-state index in [4.69, 9.17) is 11.6 Å². The Bertz CT molecular complexity index is 447. The monoisotopic (exact) mass is 265 g/mol. The number of nitrogens with zero attached hydrogens (tertiary/aromatic N) is 2. The van der Waals surface area contributed by atoms with Crippen molar-refractivity contribution in [2.75, 3.05) is 36.0 Å². The first-order chi connectivity index (χ1) is 8.68. The highest BCUT2D eigenvalue weighted by Gasteiger charge is 2.34. The van der Waals surface area contributed by atoms with Gasteiger partial charge in [0, 0.05) is 32.2 Å². The number of para-hydroxylation sites is 1. The summed E-state index contributed by atoms with van der Waals surface area (Å²) in [7, 11) is 0. The van der Waals surface area contributed by atoms with E-state index < -0.39 is 0 Å². The van der Waals surface area contributed by atoms with Gasteiger partial charge < -0.3 is 15.1 Å². The van der Waals surface area contributed by atoms with Gasteiger partial charge in [0.15, 0.2) is 0 Å². The van der Waals surface area contributed by atoms with Crippen LogP contribution in [0, 0.1) is 0 Å². The number of halogens is 1. The molecular formula is C14H20ClN3. The molecule has 0 radical (unpaired) electrons. The molecule has 3 rings (SSSR count). The van der Waals surface area contributed by atoms with Crippen LogP contribution in [0.3, 0.4) is 0 Å². The van der Waals surface area contributed by atoms with E-state index in [1.54, 1.807) is 0 Å². The van der Waals surface area contributed by atoms with Crippen molar-refractivity contribution in [1.82, 2.24) is 5.32 Å². The van der Waals surface area contributed by atoms with Crippen LogP contribution >= 0.6 is 11.6 Å². The van der Waals surface area contributed by atoms with Crippen LogP contribution in [0.5, 0.6) is 0 Å².